The largest absolute Gasteiger partial charge is 0.488 e. The molecular formula is C17H24FNO. The van der Waals surface area contributed by atoms with Crippen LogP contribution in [0.15, 0.2) is 18.2 Å². The highest BCUT2D eigenvalue weighted by molar-refractivity contribution is 5.37. The van der Waals surface area contributed by atoms with Crippen molar-refractivity contribution in [2.24, 2.45) is 5.41 Å². The van der Waals surface area contributed by atoms with E-state index in [0.717, 1.165) is 24.3 Å². The van der Waals surface area contributed by atoms with E-state index in [1.165, 1.54) is 31.7 Å². The molecule has 1 fully saturated rings. The molecule has 0 spiro atoms. The van der Waals surface area contributed by atoms with Gasteiger partial charge in [-0.3, -0.25) is 0 Å². The van der Waals surface area contributed by atoms with E-state index < -0.39 is 0 Å². The summed E-state index contributed by atoms with van der Waals surface area (Å²) in [5.41, 5.74) is 1.46. The Morgan fingerprint density at radius 1 is 1.40 bits per heavy atom. The maximum Gasteiger partial charge on any atom is 0.123 e. The Morgan fingerprint density at radius 3 is 3.05 bits per heavy atom. The van der Waals surface area contributed by atoms with Gasteiger partial charge in [-0.05, 0) is 42.9 Å². The first-order valence-corrected chi connectivity index (χ1v) is 7.70. The first-order chi connectivity index (χ1) is 9.52. The molecule has 0 aromatic heterocycles. The normalized spacial score (nSPS) is 27.9. The molecule has 1 heterocycles. The van der Waals surface area contributed by atoms with Gasteiger partial charge < -0.3 is 10.1 Å². The number of hydrogen-bond acceptors (Lipinski definition) is 2. The Kier molecular flexibility index (Phi) is 3.72. The lowest BCUT2D eigenvalue weighted by molar-refractivity contribution is 0.173. The second-order valence-corrected chi connectivity index (χ2v) is 7.06. The van der Waals surface area contributed by atoms with Gasteiger partial charge in [0.1, 0.15) is 17.7 Å². The minimum Gasteiger partial charge on any atom is -0.488 e. The third-order valence-corrected chi connectivity index (χ3v) is 4.60. The Bertz CT molecular complexity index is 486. The fraction of sp³-hybridized carbons (Fsp3) is 0.647. The highest BCUT2D eigenvalue weighted by atomic mass is 19.1. The lowest BCUT2D eigenvalue weighted by atomic mass is 9.75. The molecule has 110 valence electrons. The van der Waals surface area contributed by atoms with E-state index in [2.05, 4.69) is 19.2 Å². The number of nitrogens with one attached hydrogen (secondary N) is 1. The fourth-order valence-electron chi connectivity index (χ4n) is 3.57. The Labute approximate surface area is 120 Å². The zero-order valence-corrected chi connectivity index (χ0v) is 12.4. The number of halogens is 1. The van der Waals surface area contributed by atoms with Gasteiger partial charge in [-0.15, -0.1) is 0 Å². The predicted molar refractivity (Wildman–Crippen MR) is 78.6 cm³/mol. The van der Waals surface area contributed by atoms with Gasteiger partial charge >= 0.3 is 0 Å². The standard InChI is InChI=1S/C17H24FNO/c1-17(2)7-3-4-14(10-17)19-11-15-9-12-8-13(18)5-6-16(12)20-15/h5-6,8,14-15,19H,3-4,7,9-11H2,1-2H3. The highest BCUT2D eigenvalue weighted by Crippen LogP contribution is 2.35. The molecule has 2 unspecified atom stereocenters. The first kappa shape index (κ1) is 13.9. The van der Waals surface area contributed by atoms with Gasteiger partial charge in [-0.1, -0.05) is 20.3 Å². The summed E-state index contributed by atoms with van der Waals surface area (Å²) < 4.78 is 19.1. The second kappa shape index (κ2) is 5.36. The number of hydrogen-bond donors (Lipinski definition) is 1. The summed E-state index contributed by atoms with van der Waals surface area (Å²) in [5.74, 6) is 0.678. The third-order valence-electron chi connectivity index (χ3n) is 4.60. The van der Waals surface area contributed by atoms with Crippen LogP contribution in [0.5, 0.6) is 5.75 Å². The molecule has 1 aliphatic carbocycles. The molecule has 1 aromatic carbocycles. The molecule has 0 radical (unpaired) electrons. The summed E-state index contributed by atoms with van der Waals surface area (Å²) >= 11 is 0. The molecule has 2 nitrogen and oxygen atoms in total. The molecule has 3 rings (SSSR count). The van der Waals surface area contributed by atoms with Crippen LogP contribution in [0.1, 0.15) is 45.1 Å². The molecule has 0 bridgehead atoms. The molecule has 0 saturated heterocycles. The van der Waals surface area contributed by atoms with Crippen LogP contribution >= 0.6 is 0 Å². The van der Waals surface area contributed by atoms with E-state index in [-0.39, 0.29) is 11.9 Å². The molecular weight excluding hydrogens is 253 g/mol. The maximum atomic E-state index is 13.2. The third kappa shape index (κ3) is 3.14. The van der Waals surface area contributed by atoms with Crippen LogP contribution in [0.25, 0.3) is 0 Å². The minimum absolute atomic E-state index is 0.150. The summed E-state index contributed by atoms with van der Waals surface area (Å²) in [7, 11) is 0. The molecule has 1 aromatic rings. The van der Waals surface area contributed by atoms with Crippen molar-refractivity contribution in [1.29, 1.82) is 0 Å². The SMILES string of the molecule is CC1(C)CCCC(NCC2Cc3cc(F)ccc3O2)C1. The van der Waals surface area contributed by atoms with E-state index in [4.69, 9.17) is 4.74 Å². The molecule has 1 N–H and O–H groups in total. The molecule has 2 atom stereocenters. The van der Waals surface area contributed by atoms with Crippen LogP contribution in [0, 0.1) is 11.2 Å². The Morgan fingerprint density at radius 2 is 2.25 bits per heavy atom. The molecule has 20 heavy (non-hydrogen) atoms. The summed E-state index contributed by atoms with van der Waals surface area (Å²) in [6.45, 7) is 5.56. The van der Waals surface area contributed by atoms with Crippen molar-refractivity contribution in [3.05, 3.63) is 29.6 Å². The monoisotopic (exact) mass is 277 g/mol. The van der Waals surface area contributed by atoms with Gasteiger partial charge in [0.15, 0.2) is 0 Å². The number of fused-ring (bicyclic) bond motifs is 1. The van der Waals surface area contributed by atoms with E-state index in [1.54, 1.807) is 12.1 Å². The predicted octanol–water partition coefficient (Wildman–Crippen LogP) is 3.69. The van der Waals surface area contributed by atoms with Crippen LogP contribution in [0.2, 0.25) is 0 Å². The first-order valence-electron chi connectivity index (χ1n) is 7.70. The summed E-state index contributed by atoms with van der Waals surface area (Å²) in [6, 6.07) is 5.41. The van der Waals surface area contributed by atoms with Crippen molar-refractivity contribution in [2.45, 2.75) is 58.1 Å². The van der Waals surface area contributed by atoms with Crippen molar-refractivity contribution in [2.75, 3.05) is 6.54 Å². The molecule has 2 aliphatic rings. The average Bonchev–Trinajstić information content (AvgIpc) is 2.77. The molecule has 3 heteroatoms. The smallest absolute Gasteiger partial charge is 0.123 e. The van der Waals surface area contributed by atoms with E-state index in [0.29, 0.717) is 11.5 Å². The van der Waals surface area contributed by atoms with E-state index in [9.17, 15) is 4.39 Å². The minimum atomic E-state index is -0.171. The topological polar surface area (TPSA) is 21.3 Å². The quantitative estimate of drug-likeness (QED) is 0.910. The maximum absolute atomic E-state index is 13.2. The van der Waals surface area contributed by atoms with Crippen LogP contribution in [-0.4, -0.2) is 18.7 Å². The van der Waals surface area contributed by atoms with Crippen molar-refractivity contribution in [3.8, 4) is 5.75 Å². The van der Waals surface area contributed by atoms with Gasteiger partial charge in [-0.2, -0.15) is 0 Å². The summed E-state index contributed by atoms with van der Waals surface area (Å²) in [5, 5.41) is 3.65. The van der Waals surface area contributed by atoms with Gasteiger partial charge in [-0.25, -0.2) is 4.39 Å². The second-order valence-electron chi connectivity index (χ2n) is 7.06. The zero-order valence-electron chi connectivity index (χ0n) is 12.4. The number of benzene rings is 1. The van der Waals surface area contributed by atoms with Crippen molar-refractivity contribution < 1.29 is 9.13 Å². The van der Waals surface area contributed by atoms with Gasteiger partial charge in [0.25, 0.3) is 0 Å². The lowest BCUT2D eigenvalue weighted by Gasteiger charge is -2.36. The van der Waals surface area contributed by atoms with Crippen LogP contribution in [-0.2, 0) is 6.42 Å². The van der Waals surface area contributed by atoms with Gasteiger partial charge in [0.2, 0.25) is 0 Å². The molecule has 1 saturated carbocycles. The van der Waals surface area contributed by atoms with Crippen molar-refractivity contribution >= 4 is 0 Å². The summed E-state index contributed by atoms with van der Waals surface area (Å²) in [6.07, 6.45) is 6.10. The van der Waals surface area contributed by atoms with Crippen LogP contribution in [0.3, 0.4) is 0 Å². The zero-order chi connectivity index (χ0) is 14.2. The number of rotatable bonds is 3. The van der Waals surface area contributed by atoms with Crippen LogP contribution in [0.4, 0.5) is 4.39 Å². The Hall–Kier alpha value is -1.09. The van der Waals surface area contributed by atoms with Gasteiger partial charge in [0, 0.05) is 24.6 Å². The fourth-order valence-corrected chi connectivity index (χ4v) is 3.57. The van der Waals surface area contributed by atoms with Gasteiger partial charge in [0.05, 0.1) is 0 Å². The van der Waals surface area contributed by atoms with E-state index >= 15 is 0 Å². The Balaban J connectivity index is 1.51. The lowest BCUT2D eigenvalue weighted by Crippen LogP contribution is -2.41. The summed E-state index contributed by atoms with van der Waals surface area (Å²) in [4.78, 5) is 0. The van der Waals surface area contributed by atoms with Crippen molar-refractivity contribution in [1.82, 2.24) is 5.32 Å². The molecule has 0 amide bonds. The molecule has 1 aliphatic heterocycles. The van der Waals surface area contributed by atoms with Crippen molar-refractivity contribution in [3.63, 3.8) is 0 Å². The van der Waals surface area contributed by atoms with Crippen LogP contribution < -0.4 is 10.1 Å². The average molecular weight is 277 g/mol. The van der Waals surface area contributed by atoms with E-state index in [1.807, 2.05) is 0 Å². The highest BCUT2D eigenvalue weighted by Gasteiger charge is 2.29. The number of ether oxygens (including phenoxy) is 1.